The van der Waals surface area contributed by atoms with E-state index in [1.807, 2.05) is 6.07 Å². The van der Waals surface area contributed by atoms with Gasteiger partial charge in [0.15, 0.2) is 0 Å². The summed E-state index contributed by atoms with van der Waals surface area (Å²) in [6, 6.07) is 7.00. The standard InChI is InChI=1S/C15H21N3O2S.CH3NO2/c1-15(2,3)14-12-5-4-6-13(11(12)7-9-17-14)21(19,20)18-10-8-16;2-1(3)4/h4-7,9,18H,8,10,16H2,1-3H3;2H2,(H,3,4). The minimum atomic E-state index is -3.57. The van der Waals surface area contributed by atoms with Crippen LogP contribution in [0, 0.1) is 0 Å². The van der Waals surface area contributed by atoms with Gasteiger partial charge in [-0.25, -0.2) is 17.9 Å². The molecule has 0 saturated carbocycles. The molecule has 0 aliphatic carbocycles. The van der Waals surface area contributed by atoms with Crippen LogP contribution in [0.2, 0.25) is 0 Å². The molecule has 25 heavy (non-hydrogen) atoms. The van der Waals surface area contributed by atoms with Crippen molar-refractivity contribution in [3.8, 4) is 0 Å². The van der Waals surface area contributed by atoms with Crippen molar-refractivity contribution in [1.82, 2.24) is 9.71 Å². The molecule has 8 nitrogen and oxygen atoms in total. The fourth-order valence-corrected chi connectivity index (χ4v) is 3.55. The Kier molecular flexibility index (Phi) is 6.86. The predicted octanol–water partition coefficient (Wildman–Crippen LogP) is 1.39. The second-order valence-electron chi connectivity index (χ2n) is 6.29. The van der Waals surface area contributed by atoms with E-state index in [2.05, 4.69) is 36.2 Å². The number of pyridine rings is 1. The molecule has 0 atom stereocenters. The zero-order valence-corrected chi connectivity index (χ0v) is 15.3. The molecule has 0 spiro atoms. The summed E-state index contributed by atoms with van der Waals surface area (Å²) in [7, 11) is -3.57. The van der Waals surface area contributed by atoms with Crippen molar-refractivity contribution in [2.45, 2.75) is 31.1 Å². The average Bonchev–Trinajstić information content (AvgIpc) is 2.50. The first-order valence-corrected chi connectivity index (χ1v) is 9.05. The highest BCUT2D eigenvalue weighted by molar-refractivity contribution is 7.89. The summed E-state index contributed by atoms with van der Waals surface area (Å²) >= 11 is 0. The van der Waals surface area contributed by atoms with Crippen LogP contribution in [0.25, 0.3) is 10.8 Å². The van der Waals surface area contributed by atoms with Gasteiger partial charge in [-0.05, 0) is 12.1 Å². The number of rotatable bonds is 4. The molecule has 6 N–H and O–H groups in total. The Morgan fingerprint density at radius 1 is 1.24 bits per heavy atom. The van der Waals surface area contributed by atoms with Gasteiger partial charge in [-0.1, -0.05) is 32.9 Å². The van der Waals surface area contributed by atoms with Crippen LogP contribution in [0.15, 0.2) is 35.4 Å². The zero-order chi connectivity index (χ0) is 19.3. The summed E-state index contributed by atoms with van der Waals surface area (Å²) in [5, 5.41) is 8.74. The van der Waals surface area contributed by atoms with Gasteiger partial charge in [-0.3, -0.25) is 4.98 Å². The number of hydrogen-bond donors (Lipinski definition) is 4. The number of carboxylic acid groups (broad SMARTS) is 1. The van der Waals surface area contributed by atoms with Crippen LogP contribution in [0.4, 0.5) is 4.79 Å². The van der Waals surface area contributed by atoms with Gasteiger partial charge in [-0.2, -0.15) is 0 Å². The van der Waals surface area contributed by atoms with E-state index in [1.54, 1.807) is 24.4 Å². The van der Waals surface area contributed by atoms with E-state index in [1.165, 1.54) is 0 Å². The van der Waals surface area contributed by atoms with Gasteiger partial charge in [0.25, 0.3) is 0 Å². The Morgan fingerprint density at radius 2 is 1.84 bits per heavy atom. The number of primary amides is 1. The molecular weight excluding hydrogens is 344 g/mol. The quantitative estimate of drug-likeness (QED) is 0.641. The molecule has 2 aromatic rings. The highest BCUT2D eigenvalue weighted by atomic mass is 32.2. The Labute approximate surface area is 147 Å². The van der Waals surface area contributed by atoms with E-state index < -0.39 is 16.1 Å². The molecule has 2 rings (SSSR count). The normalized spacial score (nSPS) is 11.7. The second-order valence-corrected chi connectivity index (χ2v) is 8.02. The number of hydrogen-bond acceptors (Lipinski definition) is 5. The number of nitrogens with zero attached hydrogens (tertiary/aromatic N) is 1. The maximum atomic E-state index is 12.4. The van der Waals surface area contributed by atoms with Crippen molar-refractivity contribution in [1.29, 1.82) is 0 Å². The number of nitrogens with one attached hydrogen (secondary N) is 1. The highest BCUT2D eigenvalue weighted by Crippen LogP contribution is 2.30. The third-order valence-electron chi connectivity index (χ3n) is 3.20. The second kappa shape index (κ2) is 8.24. The van der Waals surface area contributed by atoms with E-state index in [0.717, 1.165) is 11.1 Å². The van der Waals surface area contributed by atoms with Gasteiger partial charge in [0, 0.05) is 35.5 Å². The van der Waals surface area contributed by atoms with E-state index in [9.17, 15) is 8.42 Å². The first-order valence-electron chi connectivity index (χ1n) is 7.57. The lowest BCUT2D eigenvalue weighted by Crippen LogP contribution is -2.29. The minimum absolute atomic E-state index is 0.160. The highest BCUT2D eigenvalue weighted by Gasteiger charge is 2.22. The van der Waals surface area contributed by atoms with Crippen LogP contribution in [0.3, 0.4) is 0 Å². The number of aromatic nitrogens is 1. The Morgan fingerprint density at radius 3 is 2.36 bits per heavy atom. The molecule has 1 heterocycles. The molecule has 9 heteroatoms. The molecule has 1 amide bonds. The summed E-state index contributed by atoms with van der Waals surface area (Å²) in [6.45, 7) is 6.66. The number of benzene rings is 1. The largest absolute Gasteiger partial charge is 0.465 e. The molecule has 0 unspecified atom stereocenters. The van der Waals surface area contributed by atoms with Gasteiger partial charge in [0.1, 0.15) is 0 Å². The lowest BCUT2D eigenvalue weighted by atomic mass is 9.88. The molecule has 0 bridgehead atoms. The SMILES string of the molecule is CC(C)(C)c1nccc2c(S(=O)(=O)NCCN)cccc12.NC(=O)O. The van der Waals surface area contributed by atoms with Crippen LogP contribution in [0.1, 0.15) is 26.5 Å². The monoisotopic (exact) mass is 368 g/mol. The number of sulfonamides is 1. The molecule has 1 aromatic carbocycles. The Balaban J connectivity index is 0.000000705. The van der Waals surface area contributed by atoms with Crippen LogP contribution in [0.5, 0.6) is 0 Å². The smallest absolute Gasteiger partial charge is 0.402 e. The van der Waals surface area contributed by atoms with Crippen molar-refractivity contribution in [3.63, 3.8) is 0 Å². The zero-order valence-electron chi connectivity index (χ0n) is 14.5. The third kappa shape index (κ3) is 5.66. The van der Waals surface area contributed by atoms with Crippen LogP contribution >= 0.6 is 0 Å². The van der Waals surface area contributed by atoms with Gasteiger partial charge in [0.2, 0.25) is 10.0 Å². The molecule has 0 saturated heterocycles. The average molecular weight is 368 g/mol. The van der Waals surface area contributed by atoms with Crippen molar-refractivity contribution in [2.75, 3.05) is 13.1 Å². The molecule has 0 aliphatic heterocycles. The van der Waals surface area contributed by atoms with Crippen molar-refractivity contribution < 1.29 is 18.3 Å². The Hall–Kier alpha value is -2.23. The van der Waals surface area contributed by atoms with Crippen LogP contribution in [-0.4, -0.2) is 37.7 Å². The first-order chi connectivity index (χ1) is 11.5. The maximum absolute atomic E-state index is 12.4. The van der Waals surface area contributed by atoms with Crippen molar-refractivity contribution >= 4 is 26.9 Å². The fourth-order valence-electron chi connectivity index (χ4n) is 2.28. The fraction of sp³-hybridized carbons (Fsp3) is 0.375. The van der Waals surface area contributed by atoms with E-state index in [4.69, 9.17) is 15.6 Å². The summed E-state index contributed by atoms with van der Waals surface area (Å²) in [5.41, 5.74) is 10.1. The first kappa shape index (κ1) is 20.8. The molecular formula is C16H24N4O4S. The number of fused-ring (bicyclic) bond motifs is 1. The summed E-state index contributed by atoms with van der Waals surface area (Å²) < 4.78 is 27.3. The van der Waals surface area contributed by atoms with E-state index >= 15 is 0 Å². The summed E-state index contributed by atoms with van der Waals surface area (Å²) in [4.78, 5) is 13.5. The van der Waals surface area contributed by atoms with E-state index in [0.29, 0.717) is 5.39 Å². The van der Waals surface area contributed by atoms with Crippen molar-refractivity contribution in [2.24, 2.45) is 11.5 Å². The van der Waals surface area contributed by atoms with Crippen LogP contribution < -0.4 is 16.2 Å². The van der Waals surface area contributed by atoms with Gasteiger partial charge >= 0.3 is 6.09 Å². The van der Waals surface area contributed by atoms with Gasteiger partial charge in [0.05, 0.1) is 10.6 Å². The number of amides is 1. The molecule has 0 radical (unpaired) electrons. The number of nitrogens with two attached hydrogens (primary N) is 2. The van der Waals surface area contributed by atoms with Crippen molar-refractivity contribution in [3.05, 3.63) is 36.2 Å². The van der Waals surface area contributed by atoms with Crippen LogP contribution in [-0.2, 0) is 15.4 Å². The van der Waals surface area contributed by atoms with Gasteiger partial charge < -0.3 is 16.6 Å². The molecule has 0 fully saturated rings. The molecule has 1 aromatic heterocycles. The minimum Gasteiger partial charge on any atom is -0.465 e. The molecule has 138 valence electrons. The van der Waals surface area contributed by atoms with E-state index in [-0.39, 0.29) is 23.4 Å². The Bertz CT molecular complexity index is 841. The lowest BCUT2D eigenvalue weighted by Gasteiger charge is -2.20. The summed E-state index contributed by atoms with van der Waals surface area (Å²) in [5.74, 6) is 0. The number of carbonyl (C=O) groups is 1. The maximum Gasteiger partial charge on any atom is 0.402 e. The topological polar surface area (TPSA) is 148 Å². The summed E-state index contributed by atoms with van der Waals surface area (Å²) in [6.07, 6.45) is 0.324. The molecule has 0 aliphatic rings. The lowest BCUT2D eigenvalue weighted by molar-refractivity contribution is 0.205. The van der Waals surface area contributed by atoms with Gasteiger partial charge in [-0.15, -0.1) is 0 Å². The third-order valence-corrected chi connectivity index (χ3v) is 4.72. The predicted molar refractivity (Wildman–Crippen MR) is 96.9 cm³/mol.